The molecule has 0 saturated carbocycles. The van der Waals surface area contributed by atoms with Gasteiger partial charge in [-0.1, -0.05) is 0 Å². The lowest BCUT2D eigenvalue weighted by Gasteiger charge is -2.14. The molecule has 0 atom stereocenters. The Kier molecular flexibility index (Phi) is 7.37. The van der Waals surface area contributed by atoms with E-state index in [-0.39, 0.29) is 18.0 Å². The average Bonchev–Trinajstić information content (AvgIpc) is 3.11. The highest BCUT2D eigenvalue weighted by atomic mass is 19.1. The maximum atomic E-state index is 13.3. The Bertz CT molecular complexity index is 1140. The summed E-state index contributed by atoms with van der Waals surface area (Å²) in [5, 5.41) is 0. The van der Waals surface area contributed by atoms with Gasteiger partial charge in [0.1, 0.15) is 5.82 Å². The molecule has 1 heterocycles. The number of benzene rings is 2. The summed E-state index contributed by atoms with van der Waals surface area (Å²) in [5.74, 6) is 0.0351. The van der Waals surface area contributed by atoms with Crippen molar-refractivity contribution in [2.24, 2.45) is 0 Å². The molecule has 0 spiro atoms. The van der Waals surface area contributed by atoms with Gasteiger partial charge in [-0.25, -0.2) is 4.39 Å². The van der Waals surface area contributed by atoms with E-state index in [1.807, 2.05) is 11.5 Å². The molecule has 3 rings (SSSR count). The first-order chi connectivity index (χ1) is 15.8. The number of esters is 1. The Labute approximate surface area is 191 Å². The maximum absolute atomic E-state index is 13.3. The van der Waals surface area contributed by atoms with Gasteiger partial charge in [0.2, 0.25) is 11.5 Å². The number of methoxy groups -OCH3 is 3. The summed E-state index contributed by atoms with van der Waals surface area (Å²) in [7, 11) is 4.47. The van der Waals surface area contributed by atoms with Gasteiger partial charge < -0.3 is 23.5 Å². The van der Waals surface area contributed by atoms with Gasteiger partial charge >= 0.3 is 5.97 Å². The van der Waals surface area contributed by atoms with Crippen LogP contribution in [0.4, 0.5) is 4.39 Å². The van der Waals surface area contributed by atoms with Crippen LogP contribution in [0.15, 0.2) is 42.5 Å². The fraction of sp³-hybridized carbons (Fsp3) is 0.280. The number of hydrogen-bond donors (Lipinski definition) is 0. The Morgan fingerprint density at radius 3 is 2.06 bits per heavy atom. The van der Waals surface area contributed by atoms with E-state index in [1.54, 1.807) is 37.3 Å². The zero-order chi connectivity index (χ0) is 24.1. The first kappa shape index (κ1) is 23.8. The highest BCUT2D eigenvalue weighted by molar-refractivity contribution is 5.99. The molecular formula is C25H26FNO6. The summed E-state index contributed by atoms with van der Waals surface area (Å²) in [6.45, 7) is 3.25. The van der Waals surface area contributed by atoms with E-state index in [1.165, 1.54) is 33.5 Å². The zero-order valence-corrected chi connectivity index (χ0v) is 19.2. The van der Waals surface area contributed by atoms with Crippen LogP contribution in [0.1, 0.15) is 27.3 Å². The van der Waals surface area contributed by atoms with Crippen molar-refractivity contribution in [1.82, 2.24) is 4.57 Å². The molecule has 33 heavy (non-hydrogen) atoms. The molecule has 0 unspecified atom stereocenters. The molecule has 0 aliphatic rings. The topological polar surface area (TPSA) is 76.0 Å². The van der Waals surface area contributed by atoms with Crippen LogP contribution in [-0.4, -0.2) is 44.3 Å². The van der Waals surface area contributed by atoms with Gasteiger partial charge in [-0.05, 0) is 61.9 Å². The first-order valence-electron chi connectivity index (χ1n) is 10.2. The maximum Gasteiger partial charge on any atom is 0.310 e. The fourth-order valence-corrected chi connectivity index (χ4v) is 3.71. The molecular weight excluding hydrogens is 429 g/mol. The lowest BCUT2D eigenvalue weighted by molar-refractivity contribution is -0.141. The highest BCUT2D eigenvalue weighted by Crippen LogP contribution is 2.38. The minimum Gasteiger partial charge on any atom is -0.493 e. The Morgan fingerprint density at radius 2 is 1.52 bits per heavy atom. The molecule has 3 aromatic rings. The third-order valence-corrected chi connectivity index (χ3v) is 5.25. The molecule has 0 saturated heterocycles. The van der Waals surface area contributed by atoms with Crippen molar-refractivity contribution in [2.45, 2.75) is 20.3 Å². The van der Waals surface area contributed by atoms with Crippen LogP contribution in [0.2, 0.25) is 0 Å². The van der Waals surface area contributed by atoms with Crippen molar-refractivity contribution in [1.29, 1.82) is 0 Å². The molecule has 0 fully saturated rings. The van der Waals surface area contributed by atoms with E-state index < -0.39 is 12.6 Å². The molecule has 0 aliphatic carbocycles. The first-order valence-corrected chi connectivity index (χ1v) is 10.2. The summed E-state index contributed by atoms with van der Waals surface area (Å²) >= 11 is 0. The summed E-state index contributed by atoms with van der Waals surface area (Å²) in [4.78, 5) is 25.1. The van der Waals surface area contributed by atoms with E-state index >= 15 is 0 Å². The van der Waals surface area contributed by atoms with Gasteiger partial charge in [-0.3, -0.25) is 9.59 Å². The van der Waals surface area contributed by atoms with Gasteiger partial charge in [0.15, 0.2) is 18.1 Å². The third-order valence-electron chi connectivity index (χ3n) is 5.25. The second-order valence-electron chi connectivity index (χ2n) is 7.39. The minimum absolute atomic E-state index is 0.0708. The number of rotatable bonds is 9. The van der Waals surface area contributed by atoms with Crippen molar-refractivity contribution in [3.63, 3.8) is 0 Å². The average molecular weight is 455 g/mol. The molecule has 2 aromatic carbocycles. The summed E-state index contributed by atoms with van der Waals surface area (Å²) in [5.41, 5.74) is 3.27. The number of halogens is 1. The van der Waals surface area contributed by atoms with Crippen molar-refractivity contribution in [2.75, 3.05) is 27.9 Å². The number of nitrogens with zero attached hydrogens (tertiary/aromatic N) is 1. The van der Waals surface area contributed by atoms with E-state index in [4.69, 9.17) is 18.9 Å². The summed E-state index contributed by atoms with van der Waals surface area (Å²) < 4.78 is 36.2. The molecule has 0 aliphatic heterocycles. The van der Waals surface area contributed by atoms with Crippen molar-refractivity contribution in [3.05, 3.63) is 70.8 Å². The molecule has 7 nitrogen and oxygen atoms in total. The standard InChI is InChI=1S/C25H26FNO6/c1-15-10-20(16(2)27(15)19-8-6-18(26)7-9-19)21(28)14-33-24(29)13-17-11-22(30-3)25(32-5)23(12-17)31-4/h6-12H,13-14H2,1-5H3. The van der Waals surface area contributed by atoms with Gasteiger partial charge in [0, 0.05) is 22.6 Å². The molecule has 0 radical (unpaired) electrons. The Hall–Kier alpha value is -3.81. The second kappa shape index (κ2) is 10.2. The number of Topliss-reactive ketones (excluding diaryl/α,β-unsaturated/α-hetero) is 1. The van der Waals surface area contributed by atoms with Crippen LogP contribution in [0, 0.1) is 19.7 Å². The number of aryl methyl sites for hydroxylation is 1. The van der Waals surface area contributed by atoms with Crippen LogP contribution in [0.5, 0.6) is 17.2 Å². The third kappa shape index (κ3) is 5.16. The minimum atomic E-state index is -0.565. The molecule has 0 bridgehead atoms. The molecule has 1 aromatic heterocycles. The number of carbonyl (C=O) groups is 2. The lowest BCUT2D eigenvalue weighted by Crippen LogP contribution is -2.16. The SMILES string of the molecule is COc1cc(CC(=O)OCC(=O)c2cc(C)n(-c3ccc(F)cc3)c2C)cc(OC)c1OC. The van der Waals surface area contributed by atoms with Crippen LogP contribution >= 0.6 is 0 Å². The fourth-order valence-electron chi connectivity index (χ4n) is 3.71. The van der Waals surface area contributed by atoms with Crippen LogP contribution in [0.3, 0.4) is 0 Å². The number of carbonyl (C=O) groups excluding carboxylic acids is 2. The highest BCUT2D eigenvalue weighted by Gasteiger charge is 2.19. The monoisotopic (exact) mass is 455 g/mol. The van der Waals surface area contributed by atoms with Crippen LogP contribution in [0.25, 0.3) is 5.69 Å². The number of hydrogen-bond acceptors (Lipinski definition) is 6. The van der Waals surface area contributed by atoms with E-state index in [2.05, 4.69) is 0 Å². The Morgan fingerprint density at radius 1 is 0.909 bits per heavy atom. The van der Waals surface area contributed by atoms with Crippen LogP contribution in [-0.2, 0) is 16.0 Å². The van der Waals surface area contributed by atoms with Crippen molar-refractivity contribution >= 4 is 11.8 Å². The van der Waals surface area contributed by atoms with Gasteiger partial charge in [-0.2, -0.15) is 0 Å². The summed E-state index contributed by atoms with van der Waals surface area (Å²) in [6.07, 6.45) is -0.0708. The second-order valence-corrected chi connectivity index (χ2v) is 7.39. The van der Waals surface area contributed by atoms with Crippen LogP contribution < -0.4 is 14.2 Å². The lowest BCUT2D eigenvalue weighted by atomic mass is 10.1. The summed E-state index contributed by atoms with van der Waals surface area (Å²) in [6, 6.07) is 11.0. The van der Waals surface area contributed by atoms with Gasteiger partial charge in [-0.15, -0.1) is 0 Å². The van der Waals surface area contributed by atoms with E-state index in [0.717, 1.165) is 11.4 Å². The number of aromatic nitrogens is 1. The quantitative estimate of drug-likeness (QED) is 0.355. The molecule has 0 N–H and O–H groups in total. The van der Waals surface area contributed by atoms with Crippen molar-refractivity contribution < 1.29 is 32.9 Å². The predicted molar refractivity (Wildman–Crippen MR) is 120 cm³/mol. The van der Waals surface area contributed by atoms with Crippen molar-refractivity contribution in [3.8, 4) is 22.9 Å². The number of ketones is 1. The Balaban J connectivity index is 1.70. The van der Waals surface area contributed by atoms with E-state index in [9.17, 15) is 14.0 Å². The normalized spacial score (nSPS) is 10.6. The van der Waals surface area contributed by atoms with Gasteiger partial charge in [0.25, 0.3) is 0 Å². The number of ether oxygens (including phenoxy) is 4. The molecule has 8 heteroatoms. The molecule has 0 amide bonds. The van der Waals surface area contributed by atoms with Gasteiger partial charge in [0.05, 0.1) is 27.8 Å². The zero-order valence-electron chi connectivity index (χ0n) is 19.2. The smallest absolute Gasteiger partial charge is 0.310 e. The predicted octanol–water partition coefficient (Wildman–Crippen LogP) is 4.23. The largest absolute Gasteiger partial charge is 0.493 e. The molecule has 174 valence electrons. The van der Waals surface area contributed by atoms with E-state index in [0.29, 0.717) is 34.1 Å².